The number of hydrogen-bond acceptors (Lipinski definition) is 4. The zero-order valence-electron chi connectivity index (χ0n) is 18.5. The lowest BCUT2D eigenvalue weighted by Gasteiger charge is -2.39. The van der Waals surface area contributed by atoms with E-state index in [1.54, 1.807) is 12.1 Å². The molecule has 3 aliphatic rings. The minimum Gasteiger partial charge on any atom is -0.459 e. The SMILES string of the molecule is CC1(C)C(C(=O)N2CCC3(CCN(C(=O)CNC(=O)c4ccco4)CC3)C2)C1(C)C. The third-order valence-electron chi connectivity index (χ3n) is 8.34. The summed E-state index contributed by atoms with van der Waals surface area (Å²) in [7, 11) is 0. The molecule has 0 atom stereocenters. The van der Waals surface area contributed by atoms with Gasteiger partial charge in [0.25, 0.3) is 5.91 Å². The molecule has 3 heterocycles. The van der Waals surface area contributed by atoms with Crippen LogP contribution in [0.1, 0.15) is 57.5 Å². The van der Waals surface area contributed by atoms with E-state index in [9.17, 15) is 14.4 Å². The summed E-state index contributed by atoms with van der Waals surface area (Å²) in [5.41, 5.74) is 0.262. The van der Waals surface area contributed by atoms with Crippen molar-refractivity contribution in [1.82, 2.24) is 15.1 Å². The van der Waals surface area contributed by atoms with Gasteiger partial charge in [0.1, 0.15) is 0 Å². The Labute approximate surface area is 178 Å². The lowest BCUT2D eigenvalue weighted by Crippen LogP contribution is -2.47. The van der Waals surface area contributed by atoms with Crippen LogP contribution in [-0.4, -0.2) is 60.2 Å². The van der Waals surface area contributed by atoms with Gasteiger partial charge in [0.2, 0.25) is 11.8 Å². The predicted molar refractivity (Wildman–Crippen MR) is 112 cm³/mol. The molecular weight excluding hydrogens is 382 g/mol. The molecule has 0 bridgehead atoms. The third kappa shape index (κ3) is 3.42. The number of furan rings is 1. The van der Waals surface area contributed by atoms with Crippen LogP contribution < -0.4 is 5.32 Å². The van der Waals surface area contributed by atoms with E-state index in [-0.39, 0.29) is 46.3 Å². The van der Waals surface area contributed by atoms with Gasteiger partial charge in [-0.3, -0.25) is 14.4 Å². The predicted octanol–water partition coefficient (Wildman–Crippen LogP) is 2.53. The highest BCUT2D eigenvalue weighted by Crippen LogP contribution is 2.69. The van der Waals surface area contributed by atoms with Crippen LogP contribution in [0.25, 0.3) is 0 Å². The number of carbonyl (C=O) groups excluding carboxylic acids is 3. The van der Waals surface area contributed by atoms with Gasteiger partial charge in [-0.05, 0) is 47.6 Å². The molecule has 1 saturated carbocycles. The fraction of sp³-hybridized carbons (Fsp3) is 0.696. The van der Waals surface area contributed by atoms with Crippen LogP contribution in [0.15, 0.2) is 22.8 Å². The highest BCUT2D eigenvalue weighted by Gasteiger charge is 2.69. The maximum atomic E-state index is 13.1. The number of nitrogens with one attached hydrogen (secondary N) is 1. The molecule has 30 heavy (non-hydrogen) atoms. The van der Waals surface area contributed by atoms with Crippen molar-refractivity contribution < 1.29 is 18.8 Å². The van der Waals surface area contributed by atoms with Crippen LogP contribution in [-0.2, 0) is 9.59 Å². The van der Waals surface area contributed by atoms with E-state index in [0.717, 1.165) is 32.4 Å². The largest absolute Gasteiger partial charge is 0.459 e. The minimum atomic E-state index is -0.377. The first-order chi connectivity index (χ1) is 14.1. The Bertz CT molecular complexity index is 821. The van der Waals surface area contributed by atoms with Crippen molar-refractivity contribution in [2.45, 2.75) is 47.0 Å². The van der Waals surface area contributed by atoms with Crippen LogP contribution in [0.4, 0.5) is 0 Å². The van der Waals surface area contributed by atoms with E-state index in [0.29, 0.717) is 19.0 Å². The van der Waals surface area contributed by atoms with Gasteiger partial charge in [0, 0.05) is 32.1 Å². The molecule has 3 fully saturated rings. The lowest BCUT2D eigenvalue weighted by atomic mass is 9.77. The van der Waals surface area contributed by atoms with E-state index in [4.69, 9.17) is 4.42 Å². The Kier molecular flexibility index (Phi) is 4.98. The van der Waals surface area contributed by atoms with Gasteiger partial charge in [-0.1, -0.05) is 27.7 Å². The van der Waals surface area contributed by atoms with Gasteiger partial charge < -0.3 is 19.5 Å². The summed E-state index contributed by atoms with van der Waals surface area (Å²) >= 11 is 0. The number of rotatable bonds is 4. The summed E-state index contributed by atoms with van der Waals surface area (Å²) in [6.45, 7) is 11.7. The monoisotopic (exact) mass is 415 g/mol. The molecule has 7 heteroatoms. The third-order valence-corrected chi connectivity index (χ3v) is 8.34. The number of piperidine rings is 1. The van der Waals surface area contributed by atoms with Gasteiger partial charge in [0.05, 0.1) is 12.8 Å². The molecule has 164 valence electrons. The molecule has 1 aliphatic carbocycles. The second kappa shape index (κ2) is 7.13. The van der Waals surface area contributed by atoms with Crippen molar-refractivity contribution in [3.63, 3.8) is 0 Å². The molecule has 0 unspecified atom stereocenters. The highest BCUT2D eigenvalue weighted by molar-refractivity contribution is 5.94. The molecule has 3 amide bonds. The summed E-state index contributed by atoms with van der Waals surface area (Å²) in [5.74, 6) is 0.175. The molecule has 0 radical (unpaired) electrons. The first kappa shape index (κ1) is 20.9. The molecule has 1 N–H and O–H groups in total. The Morgan fingerprint density at radius 2 is 1.63 bits per heavy atom. The Balaban J connectivity index is 1.26. The normalized spacial score (nSPS) is 24.1. The standard InChI is InChI=1S/C23H33N3O4/c1-21(2)18(22(21,3)4)20(29)26-12-9-23(15-26)7-10-25(11-8-23)17(27)14-24-19(28)16-6-5-13-30-16/h5-6,13,18H,7-12,14-15H2,1-4H3,(H,24,28). The second-order valence-electron chi connectivity index (χ2n) is 10.4. The van der Waals surface area contributed by atoms with Gasteiger partial charge in [-0.2, -0.15) is 0 Å². The molecule has 1 aromatic rings. The van der Waals surface area contributed by atoms with Crippen molar-refractivity contribution in [3.8, 4) is 0 Å². The summed E-state index contributed by atoms with van der Waals surface area (Å²) < 4.78 is 5.04. The number of nitrogens with zero attached hydrogens (tertiary/aromatic N) is 2. The maximum Gasteiger partial charge on any atom is 0.287 e. The smallest absolute Gasteiger partial charge is 0.287 e. The van der Waals surface area contributed by atoms with Gasteiger partial charge in [-0.25, -0.2) is 0 Å². The first-order valence-corrected chi connectivity index (χ1v) is 11.0. The van der Waals surface area contributed by atoms with Crippen molar-refractivity contribution in [1.29, 1.82) is 0 Å². The van der Waals surface area contributed by atoms with Gasteiger partial charge >= 0.3 is 0 Å². The zero-order chi connectivity index (χ0) is 21.7. The molecule has 2 saturated heterocycles. The van der Waals surface area contributed by atoms with Crippen molar-refractivity contribution >= 4 is 17.7 Å². The molecular formula is C23H33N3O4. The summed E-state index contributed by atoms with van der Waals surface area (Å²) in [4.78, 5) is 41.4. The van der Waals surface area contributed by atoms with E-state index >= 15 is 0 Å². The van der Waals surface area contributed by atoms with Gasteiger partial charge in [-0.15, -0.1) is 0 Å². The fourth-order valence-electron chi connectivity index (χ4n) is 5.52. The maximum absolute atomic E-state index is 13.1. The highest BCUT2D eigenvalue weighted by atomic mass is 16.3. The van der Waals surface area contributed by atoms with Crippen LogP contribution in [0, 0.1) is 22.2 Å². The fourth-order valence-corrected chi connectivity index (χ4v) is 5.52. The Morgan fingerprint density at radius 3 is 2.17 bits per heavy atom. The number of carbonyl (C=O) groups is 3. The van der Waals surface area contributed by atoms with Gasteiger partial charge in [0.15, 0.2) is 5.76 Å². The van der Waals surface area contributed by atoms with Crippen molar-refractivity contribution in [3.05, 3.63) is 24.2 Å². The minimum absolute atomic E-state index is 0.0248. The van der Waals surface area contributed by atoms with Crippen molar-refractivity contribution in [2.24, 2.45) is 22.2 Å². The van der Waals surface area contributed by atoms with Crippen LogP contribution in [0.2, 0.25) is 0 Å². The van der Waals surface area contributed by atoms with Crippen LogP contribution >= 0.6 is 0 Å². The lowest BCUT2D eigenvalue weighted by molar-refractivity contribution is -0.135. The molecule has 2 aliphatic heterocycles. The molecule has 0 aromatic carbocycles. The quantitative estimate of drug-likeness (QED) is 0.819. The Hall–Kier alpha value is -2.31. The summed E-state index contributed by atoms with van der Waals surface area (Å²) in [6.07, 6.45) is 4.27. The number of likely N-dealkylation sites (tertiary alicyclic amines) is 2. The summed E-state index contributed by atoms with van der Waals surface area (Å²) in [5, 5.41) is 2.62. The number of hydrogen-bond donors (Lipinski definition) is 1. The van der Waals surface area contributed by atoms with E-state index < -0.39 is 0 Å². The zero-order valence-corrected chi connectivity index (χ0v) is 18.5. The van der Waals surface area contributed by atoms with Crippen LogP contribution in [0.5, 0.6) is 0 Å². The van der Waals surface area contributed by atoms with Crippen molar-refractivity contribution in [2.75, 3.05) is 32.7 Å². The molecule has 1 spiro atoms. The molecule has 4 rings (SSSR count). The average Bonchev–Trinajstić information content (AvgIpc) is 3.20. The topological polar surface area (TPSA) is 82.9 Å². The first-order valence-electron chi connectivity index (χ1n) is 11.0. The van der Waals surface area contributed by atoms with Crippen LogP contribution in [0.3, 0.4) is 0 Å². The molecule has 7 nitrogen and oxygen atoms in total. The van der Waals surface area contributed by atoms with E-state index in [1.807, 2.05) is 4.90 Å². The summed E-state index contributed by atoms with van der Waals surface area (Å²) in [6, 6.07) is 3.21. The second-order valence-corrected chi connectivity index (χ2v) is 10.4. The van der Waals surface area contributed by atoms with E-state index in [2.05, 4.69) is 37.9 Å². The van der Waals surface area contributed by atoms with E-state index in [1.165, 1.54) is 6.26 Å². The molecule has 1 aromatic heterocycles. The average molecular weight is 416 g/mol. The number of amides is 3. The Morgan fingerprint density at radius 1 is 1.03 bits per heavy atom.